The molecular weight excluding hydrogens is 396 g/mol. The lowest BCUT2D eigenvalue weighted by molar-refractivity contribution is -0.172. The molecule has 2 saturated heterocycles. The first-order valence-electron chi connectivity index (χ1n) is 12.4. The summed E-state index contributed by atoms with van der Waals surface area (Å²) in [7, 11) is 0. The van der Waals surface area contributed by atoms with Crippen molar-refractivity contribution in [3.63, 3.8) is 0 Å². The van der Waals surface area contributed by atoms with Crippen molar-refractivity contribution in [3.05, 3.63) is 59.4 Å². The number of piperidine rings is 1. The van der Waals surface area contributed by atoms with Gasteiger partial charge in [0.15, 0.2) is 0 Å². The van der Waals surface area contributed by atoms with Crippen LogP contribution in [0, 0.1) is 0 Å². The number of benzene rings is 2. The third kappa shape index (κ3) is 3.71. The summed E-state index contributed by atoms with van der Waals surface area (Å²) >= 11 is 0. The van der Waals surface area contributed by atoms with E-state index in [4.69, 9.17) is 9.72 Å². The van der Waals surface area contributed by atoms with E-state index in [1.807, 2.05) is 0 Å². The van der Waals surface area contributed by atoms with Crippen LogP contribution in [0.4, 0.5) is 5.69 Å². The summed E-state index contributed by atoms with van der Waals surface area (Å²) in [4.78, 5) is 7.86. The Kier molecular flexibility index (Phi) is 5.19. The van der Waals surface area contributed by atoms with Crippen molar-refractivity contribution >= 4 is 16.7 Å². The number of likely N-dealkylation sites (tertiary alicyclic amines) is 1. The molecule has 0 bridgehead atoms. The highest BCUT2D eigenvalue weighted by Crippen LogP contribution is 2.37. The van der Waals surface area contributed by atoms with Gasteiger partial charge in [0.05, 0.1) is 23.2 Å². The molecule has 0 amide bonds. The van der Waals surface area contributed by atoms with E-state index >= 15 is 0 Å². The van der Waals surface area contributed by atoms with E-state index in [-0.39, 0.29) is 5.60 Å². The number of fused-ring (bicyclic) bond motifs is 3. The van der Waals surface area contributed by atoms with Crippen LogP contribution in [0.3, 0.4) is 0 Å². The van der Waals surface area contributed by atoms with Gasteiger partial charge in [-0.1, -0.05) is 30.3 Å². The van der Waals surface area contributed by atoms with Gasteiger partial charge in [0.1, 0.15) is 5.82 Å². The first-order chi connectivity index (χ1) is 15.7. The minimum atomic E-state index is 0.222. The van der Waals surface area contributed by atoms with E-state index in [2.05, 4.69) is 64.2 Å². The number of nitrogens with zero attached hydrogens (tertiary/aromatic N) is 3. The fourth-order valence-corrected chi connectivity index (χ4v) is 5.76. The Morgan fingerprint density at radius 3 is 2.62 bits per heavy atom. The fourth-order valence-electron chi connectivity index (χ4n) is 5.76. The molecule has 0 radical (unpaired) electrons. The minimum Gasteiger partial charge on any atom is -0.382 e. The van der Waals surface area contributed by atoms with E-state index in [0.717, 1.165) is 45.6 Å². The number of hydrogen-bond donors (Lipinski definition) is 1. The standard InChI is InChI=1S/C27H34N4O/c1-20-7-8-22-23(28-20)9-10-24-26(22)29-25(19-21-5-3-2-4-6-21)31(24)17-16-30-14-11-27(12-15-30)13-18-32-27/h2-6,9-10,20,28H,7-8,11-19H2,1H3/t20-/m0/s1. The second kappa shape index (κ2) is 8.20. The number of imidazole rings is 1. The Morgan fingerprint density at radius 1 is 1.06 bits per heavy atom. The van der Waals surface area contributed by atoms with Gasteiger partial charge in [0.25, 0.3) is 0 Å². The van der Waals surface area contributed by atoms with Crippen molar-refractivity contribution in [1.29, 1.82) is 0 Å². The van der Waals surface area contributed by atoms with Gasteiger partial charge in [-0.25, -0.2) is 4.98 Å². The van der Waals surface area contributed by atoms with Crippen molar-refractivity contribution in [2.24, 2.45) is 0 Å². The Bertz CT molecular complexity index is 1090. The summed E-state index contributed by atoms with van der Waals surface area (Å²) in [6.45, 7) is 7.60. The smallest absolute Gasteiger partial charge is 0.114 e. The maximum absolute atomic E-state index is 5.91. The van der Waals surface area contributed by atoms with E-state index < -0.39 is 0 Å². The summed E-state index contributed by atoms with van der Waals surface area (Å²) in [5.74, 6) is 1.19. The van der Waals surface area contributed by atoms with Gasteiger partial charge in [0, 0.05) is 49.9 Å². The summed E-state index contributed by atoms with van der Waals surface area (Å²) in [6.07, 6.45) is 6.79. The highest BCUT2D eigenvalue weighted by molar-refractivity contribution is 5.86. The molecule has 3 aliphatic heterocycles. The Balaban J connectivity index is 1.28. The first kappa shape index (κ1) is 20.3. The van der Waals surface area contributed by atoms with Crippen LogP contribution in [0.2, 0.25) is 0 Å². The SMILES string of the molecule is C[C@H]1CCc2c(ccc3c2nc(Cc2ccccc2)n3CCN2CCC3(CCO3)CC2)N1. The van der Waals surface area contributed by atoms with Crippen molar-refractivity contribution in [1.82, 2.24) is 14.5 Å². The molecule has 0 saturated carbocycles. The Morgan fingerprint density at radius 2 is 1.88 bits per heavy atom. The lowest BCUT2D eigenvalue weighted by Crippen LogP contribution is -2.52. The molecule has 2 aromatic carbocycles. The Labute approximate surface area is 190 Å². The highest BCUT2D eigenvalue weighted by atomic mass is 16.5. The monoisotopic (exact) mass is 430 g/mol. The average molecular weight is 431 g/mol. The lowest BCUT2D eigenvalue weighted by Gasteiger charge is -2.47. The van der Waals surface area contributed by atoms with E-state index in [1.54, 1.807) is 0 Å². The fraction of sp³-hybridized carbons (Fsp3) is 0.519. The quantitative estimate of drug-likeness (QED) is 0.641. The topological polar surface area (TPSA) is 42.3 Å². The van der Waals surface area contributed by atoms with Gasteiger partial charge >= 0.3 is 0 Å². The van der Waals surface area contributed by atoms with E-state index in [9.17, 15) is 0 Å². The number of anilines is 1. The normalized spacial score (nSPS) is 22.5. The Hall–Kier alpha value is -2.37. The van der Waals surface area contributed by atoms with Gasteiger partial charge in [-0.3, -0.25) is 0 Å². The van der Waals surface area contributed by atoms with Crippen LogP contribution in [-0.2, 0) is 24.1 Å². The van der Waals surface area contributed by atoms with Gasteiger partial charge in [-0.15, -0.1) is 0 Å². The molecule has 6 rings (SSSR count). The molecule has 1 atom stereocenters. The molecule has 168 valence electrons. The number of nitrogens with one attached hydrogen (secondary N) is 1. The molecule has 4 heterocycles. The predicted molar refractivity (Wildman–Crippen MR) is 129 cm³/mol. The van der Waals surface area contributed by atoms with Gasteiger partial charge < -0.3 is 19.5 Å². The molecule has 2 fully saturated rings. The molecule has 0 aliphatic carbocycles. The second-order valence-electron chi connectivity index (χ2n) is 10.0. The largest absolute Gasteiger partial charge is 0.382 e. The number of aryl methyl sites for hydroxylation is 1. The molecule has 1 aromatic heterocycles. The molecule has 1 N–H and O–H groups in total. The summed E-state index contributed by atoms with van der Waals surface area (Å²) in [5.41, 5.74) is 6.71. The maximum atomic E-state index is 5.91. The molecule has 32 heavy (non-hydrogen) atoms. The molecule has 3 aromatic rings. The van der Waals surface area contributed by atoms with Crippen LogP contribution in [0.25, 0.3) is 11.0 Å². The third-order valence-corrected chi connectivity index (χ3v) is 7.91. The van der Waals surface area contributed by atoms with Crippen molar-refractivity contribution in [2.75, 3.05) is 31.6 Å². The highest BCUT2D eigenvalue weighted by Gasteiger charge is 2.40. The van der Waals surface area contributed by atoms with Crippen LogP contribution in [-0.4, -0.2) is 52.3 Å². The molecule has 1 spiro atoms. The minimum absolute atomic E-state index is 0.222. The van der Waals surface area contributed by atoms with Gasteiger partial charge in [0.2, 0.25) is 0 Å². The van der Waals surface area contributed by atoms with Crippen LogP contribution in [0.5, 0.6) is 0 Å². The summed E-state index contributed by atoms with van der Waals surface area (Å²) < 4.78 is 8.40. The number of ether oxygens (including phenoxy) is 1. The molecule has 5 heteroatoms. The molecule has 0 unspecified atom stereocenters. The lowest BCUT2D eigenvalue weighted by atomic mass is 9.84. The van der Waals surface area contributed by atoms with E-state index in [1.165, 1.54) is 59.4 Å². The zero-order valence-electron chi connectivity index (χ0n) is 19.1. The summed E-state index contributed by atoms with van der Waals surface area (Å²) in [5, 5.41) is 3.66. The number of aromatic nitrogens is 2. The zero-order valence-corrected chi connectivity index (χ0v) is 19.1. The van der Waals surface area contributed by atoms with Gasteiger partial charge in [-0.05, 0) is 56.7 Å². The predicted octanol–water partition coefficient (Wildman–Crippen LogP) is 4.63. The van der Waals surface area contributed by atoms with Crippen LogP contribution < -0.4 is 5.32 Å². The van der Waals surface area contributed by atoms with Crippen molar-refractivity contribution < 1.29 is 4.74 Å². The summed E-state index contributed by atoms with van der Waals surface area (Å²) in [6, 6.07) is 15.9. The number of hydrogen-bond acceptors (Lipinski definition) is 4. The third-order valence-electron chi connectivity index (χ3n) is 7.91. The average Bonchev–Trinajstić information content (AvgIpc) is 3.14. The van der Waals surface area contributed by atoms with Gasteiger partial charge in [-0.2, -0.15) is 0 Å². The molecule has 3 aliphatic rings. The molecular formula is C27H34N4O. The number of rotatable bonds is 5. The first-order valence-corrected chi connectivity index (χ1v) is 12.4. The van der Waals surface area contributed by atoms with Crippen LogP contribution in [0.15, 0.2) is 42.5 Å². The zero-order chi connectivity index (χ0) is 21.5. The van der Waals surface area contributed by atoms with Crippen LogP contribution >= 0.6 is 0 Å². The second-order valence-corrected chi connectivity index (χ2v) is 10.0. The van der Waals surface area contributed by atoms with Crippen LogP contribution in [0.1, 0.15) is 49.6 Å². The maximum Gasteiger partial charge on any atom is 0.114 e. The molecule has 5 nitrogen and oxygen atoms in total. The van der Waals surface area contributed by atoms with Crippen molar-refractivity contribution in [2.45, 2.75) is 63.6 Å². The van der Waals surface area contributed by atoms with Crippen molar-refractivity contribution in [3.8, 4) is 0 Å². The van der Waals surface area contributed by atoms with E-state index in [0.29, 0.717) is 6.04 Å².